The maximum absolute atomic E-state index is 5.75. The molecule has 0 aliphatic rings. The lowest BCUT2D eigenvalue weighted by molar-refractivity contribution is 0.287. The van der Waals surface area contributed by atoms with Crippen molar-refractivity contribution in [2.24, 2.45) is 4.99 Å². The highest BCUT2D eigenvalue weighted by atomic mass is 16.5. The number of hydrogen-bond acceptors (Lipinski definition) is 5. The van der Waals surface area contributed by atoms with Gasteiger partial charge in [0.15, 0.2) is 29.0 Å². The molecular formula is C24H35N3O4. The van der Waals surface area contributed by atoms with E-state index in [1.54, 1.807) is 14.2 Å². The molecule has 2 aromatic carbocycles. The molecule has 170 valence electrons. The molecule has 0 bridgehead atoms. The molecule has 0 saturated heterocycles. The third-order valence-electron chi connectivity index (χ3n) is 4.63. The van der Waals surface area contributed by atoms with Gasteiger partial charge in [0.2, 0.25) is 0 Å². The zero-order valence-corrected chi connectivity index (χ0v) is 19.5. The molecule has 0 aromatic heterocycles. The molecule has 2 rings (SSSR count). The van der Waals surface area contributed by atoms with E-state index < -0.39 is 0 Å². The number of aliphatic imine (C=N–C) groups is 1. The molecule has 7 nitrogen and oxygen atoms in total. The highest BCUT2D eigenvalue weighted by Gasteiger charge is 2.13. The molecule has 1 atom stereocenters. The van der Waals surface area contributed by atoms with Crippen LogP contribution in [-0.4, -0.2) is 39.9 Å². The van der Waals surface area contributed by atoms with Crippen LogP contribution in [0.25, 0.3) is 0 Å². The average molecular weight is 430 g/mol. The maximum Gasteiger partial charge on any atom is 0.191 e. The summed E-state index contributed by atoms with van der Waals surface area (Å²) in [6.45, 7) is 10.3. The van der Waals surface area contributed by atoms with Crippen molar-refractivity contribution in [1.82, 2.24) is 10.6 Å². The molecule has 2 aromatic rings. The third-order valence-corrected chi connectivity index (χ3v) is 4.63. The van der Waals surface area contributed by atoms with Crippen molar-refractivity contribution in [2.75, 3.05) is 34.0 Å². The van der Waals surface area contributed by atoms with Crippen LogP contribution in [0.5, 0.6) is 23.0 Å². The van der Waals surface area contributed by atoms with E-state index in [0.717, 1.165) is 34.1 Å². The van der Waals surface area contributed by atoms with E-state index in [-0.39, 0.29) is 6.04 Å². The van der Waals surface area contributed by atoms with Gasteiger partial charge in [-0.05, 0) is 63.1 Å². The molecule has 0 saturated carbocycles. The largest absolute Gasteiger partial charge is 0.493 e. The Labute approximate surface area is 185 Å². The molecule has 2 N–H and O–H groups in total. The van der Waals surface area contributed by atoms with Crippen LogP contribution < -0.4 is 29.6 Å². The fourth-order valence-electron chi connectivity index (χ4n) is 3.11. The Morgan fingerprint density at radius 1 is 0.871 bits per heavy atom. The van der Waals surface area contributed by atoms with Gasteiger partial charge in [0.25, 0.3) is 0 Å². The number of methoxy groups -OCH3 is 1. The quantitative estimate of drug-likeness (QED) is 0.409. The first-order valence-electron chi connectivity index (χ1n) is 10.7. The van der Waals surface area contributed by atoms with E-state index in [2.05, 4.69) is 22.5 Å². The molecular weight excluding hydrogens is 394 g/mol. The zero-order chi connectivity index (χ0) is 22.6. The van der Waals surface area contributed by atoms with Gasteiger partial charge < -0.3 is 29.6 Å². The van der Waals surface area contributed by atoms with Gasteiger partial charge in [0.1, 0.15) is 0 Å². The van der Waals surface area contributed by atoms with Gasteiger partial charge in [0.05, 0.1) is 33.0 Å². The van der Waals surface area contributed by atoms with Crippen LogP contribution in [0, 0.1) is 0 Å². The minimum atomic E-state index is 0.0240. The van der Waals surface area contributed by atoms with Gasteiger partial charge in [-0.1, -0.05) is 12.1 Å². The van der Waals surface area contributed by atoms with Crippen molar-refractivity contribution in [2.45, 2.75) is 40.3 Å². The summed E-state index contributed by atoms with van der Waals surface area (Å²) in [5.41, 5.74) is 2.15. The number of benzene rings is 2. The SMILES string of the molecule is CCOc1cc(CNC(=NC)NC(C)c2ccc(OCC)c(OCC)c2)ccc1OC. The summed E-state index contributed by atoms with van der Waals surface area (Å²) in [5.74, 6) is 3.67. The normalized spacial score (nSPS) is 12.1. The lowest BCUT2D eigenvalue weighted by Gasteiger charge is -2.20. The molecule has 7 heteroatoms. The Bertz CT molecular complexity index is 855. The predicted octanol–water partition coefficient (Wildman–Crippen LogP) is 4.32. The van der Waals surface area contributed by atoms with Crippen molar-refractivity contribution in [3.05, 3.63) is 47.5 Å². The summed E-state index contributed by atoms with van der Waals surface area (Å²) in [7, 11) is 3.40. The van der Waals surface area contributed by atoms with Crippen molar-refractivity contribution in [3.63, 3.8) is 0 Å². The molecule has 0 amide bonds. The predicted molar refractivity (Wildman–Crippen MR) is 125 cm³/mol. The van der Waals surface area contributed by atoms with Crippen LogP contribution in [0.4, 0.5) is 0 Å². The van der Waals surface area contributed by atoms with Crippen LogP contribution in [0.15, 0.2) is 41.4 Å². The Balaban J connectivity index is 2.04. The average Bonchev–Trinajstić information content (AvgIpc) is 2.78. The summed E-state index contributed by atoms with van der Waals surface area (Å²) in [4.78, 5) is 4.35. The number of nitrogens with zero attached hydrogens (tertiary/aromatic N) is 1. The smallest absolute Gasteiger partial charge is 0.191 e. The summed E-state index contributed by atoms with van der Waals surface area (Å²) >= 11 is 0. The van der Waals surface area contributed by atoms with Crippen LogP contribution >= 0.6 is 0 Å². The zero-order valence-electron chi connectivity index (χ0n) is 19.5. The van der Waals surface area contributed by atoms with Gasteiger partial charge in [-0.25, -0.2) is 0 Å². The minimum Gasteiger partial charge on any atom is -0.493 e. The van der Waals surface area contributed by atoms with E-state index in [1.165, 1.54) is 0 Å². The second-order valence-electron chi connectivity index (χ2n) is 6.78. The Hall–Kier alpha value is -3.09. The van der Waals surface area contributed by atoms with Crippen molar-refractivity contribution in [3.8, 4) is 23.0 Å². The van der Waals surface area contributed by atoms with Crippen LogP contribution in [-0.2, 0) is 6.54 Å². The summed E-state index contributed by atoms with van der Waals surface area (Å²) in [6.07, 6.45) is 0. The fourth-order valence-corrected chi connectivity index (χ4v) is 3.11. The van der Waals surface area contributed by atoms with E-state index in [9.17, 15) is 0 Å². The molecule has 0 fully saturated rings. The number of hydrogen-bond donors (Lipinski definition) is 2. The first-order valence-corrected chi connectivity index (χ1v) is 10.7. The first-order chi connectivity index (χ1) is 15.1. The second-order valence-corrected chi connectivity index (χ2v) is 6.78. The van der Waals surface area contributed by atoms with Crippen molar-refractivity contribution in [1.29, 1.82) is 0 Å². The molecule has 0 aliphatic heterocycles. The molecule has 31 heavy (non-hydrogen) atoms. The standard InChI is InChI=1S/C24H35N3O4/c1-7-29-21-13-11-19(15-23(21)31-9-3)17(4)27-24(25-5)26-16-18-10-12-20(28-6)22(14-18)30-8-2/h10-15,17H,7-9,16H2,1-6H3,(H2,25,26,27). The van der Waals surface area contributed by atoms with E-state index >= 15 is 0 Å². The van der Waals surface area contributed by atoms with Crippen molar-refractivity contribution < 1.29 is 18.9 Å². The van der Waals surface area contributed by atoms with E-state index in [0.29, 0.717) is 32.3 Å². The molecule has 0 aliphatic carbocycles. The summed E-state index contributed by atoms with van der Waals surface area (Å²) < 4.78 is 22.4. The Morgan fingerprint density at radius 2 is 1.48 bits per heavy atom. The monoisotopic (exact) mass is 429 g/mol. The van der Waals surface area contributed by atoms with Gasteiger partial charge in [-0.3, -0.25) is 4.99 Å². The maximum atomic E-state index is 5.75. The highest BCUT2D eigenvalue weighted by Crippen LogP contribution is 2.31. The van der Waals surface area contributed by atoms with Crippen LogP contribution in [0.3, 0.4) is 0 Å². The minimum absolute atomic E-state index is 0.0240. The molecule has 0 spiro atoms. The number of guanidine groups is 1. The fraction of sp³-hybridized carbons (Fsp3) is 0.458. The number of ether oxygens (including phenoxy) is 4. The summed E-state index contributed by atoms with van der Waals surface area (Å²) in [5, 5.41) is 6.77. The Kier molecular flexibility index (Phi) is 9.81. The topological polar surface area (TPSA) is 73.3 Å². The lowest BCUT2D eigenvalue weighted by Crippen LogP contribution is -2.38. The highest BCUT2D eigenvalue weighted by molar-refractivity contribution is 5.80. The van der Waals surface area contributed by atoms with E-state index in [4.69, 9.17) is 18.9 Å². The third kappa shape index (κ3) is 6.98. The van der Waals surface area contributed by atoms with Gasteiger partial charge in [-0.15, -0.1) is 0 Å². The van der Waals surface area contributed by atoms with Gasteiger partial charge >= 0.3 is 0 Å². The van der Waals surface area contributed by atoms with Crippen molar-refractivity contribution >= 4 is 5.96 Å². The van der Waals surface area contributed by atoms with Gasteiger partial charge in [0, 0.05) is 13.6 Å². The van der Waals surface area contributed by atoms with E-state index in [1.807, 2.05) is 57.2 Å². The second kappa shape index (κ2) is 12.6. The first kappa shape index (κ1) is 24.2. The van der Waals surface area contributed by atoms with Crippen LogP contribution in [0.1, 0.15) is 44.9 Å². The lowest BCUT2D eigenvalue weighted by atomic mass is 10.1. The summed E-state index contributed by atoms with van der Waals surface area (Å²) in [6, 6.07) is 11.9. The van der Waals surface area contributed by atoms with Gasteiger partial charge in [-0.2, -0.15) is 0 Å². The van der Waals surface area contributed by atoms with Crippen LogP contribution in [0.2, 0.25) is 0 Å². The molecule has 1 unspecified atom stereocenters. The molecule has 0 heterocycles. The molecule has 0 radical (unpaired) electrons. The number of rotatable bonds is 11. The number of nitrogens with one attached hydrogen (secondary N) is 2. The Morgan fingerprint density at radius 3 is 2.10 bits per heavy atom.